The number of ether oxygens (including phenoxy) is 1. The maximum absolute atomic E-state index is 8.93. The Labute approximate surface area is 123 Å². The molecule has 0 radical (unpaired) electrons. The van der Waals surface area contributed by atoms with Crippen LogP contribution in [-0.4, -0.2) is 23.6 Å². The van der Waals surface area contributed by atoms with Gasteiger partial charge < -0.3 is 15.4 Å². The number of nitrogens with two attached hydrogens (primary N) is 1. The van der Waals surface area contributed by atoms with E-state index in [1.165, 1.54) is 6.33 Å². The maximum Gasteiger partial charge on any atom is 0.242 e. The standard InChI is InChI=1S/C15H17N5O/c1-3-21-15-13(17)14(18-10-19-15)20(2)9-12-6-4-5-11(7-12)8-16/h4-7,10H,3,9,17H2,1-2H3. The second-order valence-electron chi connectivity index (χ2n) is 4.52. The molecule has 0 aliphatic rings. The van der Waals surface area contributed by atoms with Crippen molar-refractivity contribution in [2.24, 2.45) is 0 Å². The molecule has 2 aromatic rings. The van der Waals surface area contributed by atoms with Crippen LogP contribution in [0.1, 0.15) is 18.1 Å². The summed E-state index contributed by atoms with van der Waals surface area (Å²) in [4.78, 5) is 10.1. The second-order valence-corrected chi connectivity index (χ2v) is 4.52. The summed E-state index contributed by atoms with van der Waals surface area (Å²) in [5, 5.41) is 8.93. The molecule has 1 aromatic heterocycles. The topological polar surface area (TPSA) is 88.1 Å². The number of nitrogens with zero attached hydrogens (tertiary/aromatic N) is 4. The molecule has 108 valence electrons. The molecule has 0 bridgehead atoms. The van der Waals surface area contributed by atoms with Crippen LogP contribution in [0.4, 0.5) is 11.5 Å². The summed E-state index contributed by atoms with van der Waals surface area (Å²) in [7, 11) is 1.88. The van der Waals surface area contributed by atoms with Crippen molar-refractivity contribution in [3.63, 3.8) is 0 Å². The van der Waals surface area contributed by atoms with Crippen LogP contribution < -0.4 is 15.4 Å². The predicted molar refractivity (Wildman–Crippen MR) is 80.9 cm³/mol. The van der Waals surface area contributed by atoms with Gasteiger partial charge in [0.05, 0.1) is 18.2 Å². The zero-order valence-corrected chi connectivity index (χ0v) is 12.1. The van der Waals surface area contributed by atoms with Gasteiger partial charge in [-0.05, 0) is 24.6 Å². The highest BCUT2D eigenvalue weighted by atomic mass is 16.5. The lowest BCUT2D eigenvalue weighted by Gasteiger charge is -2.20. The molecule has 0 unspecified atom stereocenters. The van der Waals surface area contributed by atoms with Crippen molar-refractivity contribution >= 4 is 11.5 Å². The van der Waals surface area contributed by atoms with Crippen molar-refractivity contribution in [1.82, 2.24) is 9.97 Å². The molecule has 0 fully saturated rings. The molecule has 1 aromatic carbocycles. The fourth-order valence-electron chi connectivity index (χ4n) is 2.01. The average molecular weight is 283 g/mol. The molecule has 21 heavy (non-hydrogen) atoms. The number of nitriles is 1. The number of nitrogen functional groups attached to an aromatic ring is 1. The monoisotopic (exact) mass is 283 g/mol. The van der Waals surface area contributed by atoms with Crippen molar-refractivity contribution in [1.29, 1.82) is 5.26 Å². The minimum absolute atomic E-state index is 0.389. The fraction of sp³-hybridized carbons (Fsp3) is 0.267. The van der Waals surface area contributed by atoms with Crippen molar-refractivity contribution in [2.75, 3.05) is 24.3 Å². The van der Waals surface area contributed by atoms with Crippen LogP contribution in [0.5, 0.6) is 5.88 Å². The Morgan fingerprint density at radius 1 is 1.38 bits per heavy atom. The minimum atomic E-state index is 0.389. The molecular formula is C15H17N5O. The summed E-state index contributed by atoms with van der Waals surface area (Å²) in [6.07, 6.45) is 1.43. The zero-order valence-electron chi connectivity index (χ0n) is 12.1. The van der Waals surface area contributed by atoms with E-state index in [0.717, 1.165) is 5.56 Å². The Balaban J connectivity index is 2.22. The van der Waals surface area contributed by atoms with E-state index in [9.17, 15) is 0 Å². The molecule has 6 nitrogen and oxygen atoms in total. The van der Waals surface area contributed by atoms with Crippen LogP contribution in [-0.2, 0) is 6.54 Å². The van der Waals surface area contributed by atoms with E-state index in [-0.39, 0.29) is 0 Å². The summed E-state index contributed by atoms with van der Waals surface area (Å²) >= 11 is 0. The molecule has 0 amide bonds. The normalized spacial score (nSPS) is 9.95. The van der Waals surface area contributed by atoms with Gasteiger partial charge in [0.1, 0.15) is 12.0 Å². The van der Waals surface area contributed by atoms with E-state index < -0.39 is 0 Å². The molecular weight excluding hydrogens is 266 g/mol. The van der Waals surface area contributed by atoms with Gasteiger partial charge in [-0.25, -0.2) is 4.98 Å². The number of hydrogen-bond acceptors (Lipinski definition) is 6. The fourth-order valence-corrected chi connectivity index (χ4v) is 2.01. The Hall–Kier alpha value is -2.81. The third-order valence-corrected chi connectivity index (χ3v) is 2.94. The summed E-state index contributed by atoms with van der Waals surface area (Å²) in [6.45, 7) is 2.95. The van der Waals surface area contributed by atoms with Gasteiger partial charge in [-0.2, -0.15) is 10.2 Å². The first kappa shape index (κ1) is 14.6. The Morgan fingerprint density at radius 2 is 2.19 bits per heavy atom. The molecule has 0 aliphatic carbocycles. The molecule has 0 atom stereocenters. The van der Waals surface area contributed by atoms with E-state index in [1.54, 1.807) is 6.07 Å². The van der Waals surface area contributed by atoms with Crippen LogP contribution >= 0.6 is 0 Å². The Kier molecular flexibility index (Phi) is 4.57. The van der Waals surface area contributed by atoms with Gasteiger partial charge in [-0.3, -0.25) is 0 Å². The first-order chi connectivity index (χ1) is 10.2. The number of aromatic nitrogens is 2. The summed E-state index contributed by atoms with van der Waals surface area (Å²) in [6, 6.07) is 9.56. The summed E-state index contributed by atoms with van der Waals surface area (Å²) in [5.74, 6) is 0.996. The van der Waals surface area contributed by atoms with E-state index >= 15 is 0 Å². The molecule has 0 aliphatic heterocycles. The van der Waals surface area contributed by atoms with Crippen molar-refractivity contribution in [3.8, 4) is 11.9 Å². The third kappa shape index (κ3) is 3.39. The largest absolute Gasteiger partial charge is 0.476 e. The van der Waals surface area contributed by atoms with Gasteiger partial charge in [0, 0.05) is 13.6 Å². The smallest absolute Gasteiger partial charge is 0.242 e. The zero-order chi connectivity index (χ0) is 15.2. The van der Waals surface area contributed by atoms with E-state index in [1.807, 2.05) is 37.1 Å². The highest BCUT2D eigenvalue weighted by molar-refractivity contribution is 5.67. The number of anilines is 2. The van der Waals surface area contributed by atoms with Gasteiger partial charge in [-0.15, -0.1) is 0 Å². The van der Waals surface area contributed by atoms with Gasteiger partial charge >= 0.3 is 0 Å². The lowest BCUT2D eigenvalue weighted by Crippen LogP contribution is -2.20. The highest BCUT2D eigenvalue weighted by Crippen LogP contribution is 2.27. The molecule has 0 saturated carbocycles. The first-order valence-corrected chi connectivity index (χ1v) is 6.59. The Morgan fingerprint density at radius 3 is 2.90 bits per heavy atom. The summed E-state index contributed by atoms with van der Waals surface area (Å²) < 4.78 is 5.37. The SMILES string of the molecule is CCOc1ncnc(N(C)Cc2cccc(C#N)c2)c1N. The summed E-state index contributed by atoms with van der Waals surface area (Å²) in [5.41, 5.74) is 8.09. The third-order valence-electron chi connectivity index (χ3n) is 2.94. The molecule has 6 heteroatoms. The van der Waals surface area contributed by atoms with Crippen molar-refractivity contribution < 1.29 is 4.74 Å². The molecule has 1 heterocycles. The first-order valence-electron chi connectivity index (χ1n) is 6.59. The second kappa shape index (κ2) is 6.57. The minimum Gasteiger partial charge on any atom is -0.476 e. The van der Waals surface area contributed by atoms with Crippen LogP contribution in [0, 0.1) is 11.3 Å². The van der Waals surface area contributed by atoms with Gasteiger partial charge in [0.2, 0.25) is 5.88 Å². The van der Waals surface area contributed by atoms with E-state index in [2.05, 4.69) is 16.0 Å². The lowest BCUT2D eigenvalue weighted by molar-refractivity contribution is 0.328. The molecule has 0 spiro atoms. The van der Waals surface area contributed by atoms with Crippen molar-refractivity contribution in [2.45, 2.75) is 13.5 Å². The van der Waals surface area contributed by atoms with Gasteiger partial charge in [-0.1, -0.05) is 12.1 Å². The molecule has 0 saturated heterocycles. The number of hydrogen-bond donors (Lipinski definition) is 1. The van der Waals surface area contributed by atoms with Crippen LogP contribution in [0.15, 0.2) is 30.6 Å². The molecule has 2 N–H and O–H groups in total. The maximum atomic E-state index is 8.93. The number of rotatable bonds is 5. The van der Waals surface area contributed by atoms with Crippen molar-refractivity contribution in [3.05, 3.63) is 41.7 Å². The highest BCUT2D eigenvalue weighted by Gasteiger charge is 2.13. The average Bonchev–Trinajstić information content (AvgIpc) is 2.49. The van der Waals surface area contributed by atoms with Crippen LogP contribution in [0.3, 0.4) is 0 Å². The van der Waals surface area contributed by atoms with Crippen LogP contribution in [0.25, 0.3) is 0 Å². The van der Waals surface area contributed by atoms with Crippen LogP contribution in [0.2, 0.25) is 0 Å². The number of benzene rings is 1. The quantitative estimate of drug-likeness (QED) is 0.902. The van der Waals surface area contributed by atoms with E-state index in [0.29, 0.717) is 36.1 Å². The predicted octanol–water partition coefficient (Wildman–Crippen LogP) is 1.97. The lowest BCUT2D eigenvalue weighted by atomic mass is 10.1. The Bertz CT molecular complexity index is 665. The van der Waals surface area contributed by atoms with Gasteiger partial charge in [0.15, 0.2) is 5.82 Å². The van der Waals surface area contributed by atoms with E-state index in [4.69, 9.17) is 15.7 Å². The van der Waals surface area contributed by atoms with Gasteiger partial charge in [0.25, 0.3) is 0 Å². The molecule has 2 rings (SSSR count).